The van der Waals surface area contributed by atoms with Crippen LogP contribution in [0.15, 0.2) is 72.8 Å². The van der Waals surface area contributed by atoms with E-state index in [-0.39, 0.29) is 23.7 Å². The van der Waals surface area contributed by atoms with E-state index in [2.05, 4.69) is 13.0 Å². The van der Waals surface area contributed by atoms with E-state index in [9.17, 15) is 8.78 Å². The number of unbranched alkanes of at least 4 members (excludes halogenated alkanes) is 2. The van der Waals surface area contributed by atoms with Crippen molar-refractivity contribution in [2.24, 2.45) is 17.8 Å². The molecule has 0 spiro atoms. The van der Waals surface area contributed by atoms with Crippen molar-refractivity contribution in [3.63, 3.8) is 0 Å². The summed E-state index contributed by atoms with van der Waals surface area (Å²) in [5.74, 6) is 0.246. The summed E-state index contributed by atoms with van der Waals surface area (Å²) in [6.07, 6.45) is 21.0. The topological polar surface area (TPSA) is 9.23 Å². The van der Waals surface area contributed by atoms with Crippen LogP contribution in [-0.4, -0.2) is 6.61 Å². The highest BCUT2D eigenvalue weighted by Crippen LogP contribution is 2.43. The Morgan fingerprint density at radius 1 is 0.727 bits per heavy atom. The molecule has 0 N–H and O–H groups in total. The van der Waals surface area contributed by atoms with Gasteiger partial charge in [-0.25, -0.2) is 8.78 Å². The Balaban J connectivity index is 1.19. The van der Waals surface area contributed by atoms with Crippen molar-refractivity contribution in [2.75, 3.05) is 6.61 Å². The molecule has 1 unspecified atom stereocenters. The van der Waals surface area contributed by atoms with Gasteiger partial charge in [0.2, 0.25) is 5.82 Å². The van der Waals surface area contributed by atoms with E-state index < -0.39 is 11.6 Å². The Bertz CT molecular complexity index is 1430. The first kappa shape index (κ1) is 32.1. The van der Waals surface area contributed by atoms with E-state index in [4.69, 9.17) is 4.74 Å². The van der Waals surface area contributed by atoms with Gasteiger partial charge in [0.05, 0.1) is 0 Å². The zero-order valence-corrected chi connectivity index (χ0v) is 26.4. The molecule has 0 amide bonds. The summed E-state index contributed by atoms with van der Waals surface area (Å²) >= 11 is 0. The van der Waals surface area contributed by atoms with Gasteiger partial charge < -0.3 is 4.74 Å². The van der Waals surface area contributed by atoms with Gasteiger partial charge in [-0.2, -0.15) is 4.39 Å². The third-order valence-electron chi connectivity index (χ3n) is 9.85. The van der Waals surface area contributed by atoms with Crippen molar-refractivity contribution in [1.82, 2.24) is 0 Å². The van der Waals surface area contributed by atoms with Crippen LogP contribution in [0.25, 0.3) is 27.8 Å². The van der Waals surface area contributed by atoms with Gasteiger partial charge in [0.1, 0.15) is 12.4 Å². The van der Waals surface area contributed by atoms with Crippen LogP contribution in [0.3, 0.4) is 0 Å². The molecule has 0 bridgehead atoms. The minimum absolute atomic E-state index is 0.108. The maximum absolute atomic E-state index is 15.4. The Labute approximate surface area is 262 Å². The normalized spacial score (nSPS) is 20.6. The number of hydrogen-bond acceptors (Lipinski definition) is 1. The Morgan fingerprint density at radius 2 is 1.45 bits per heavy atom. The molecule has 1 atom stereocenters. The number of rotatable bonds is 12. The first-order valence-corrected chi connectivity index (χ1v) is 16.8. The largest absolute Gasteiger partial charge is 0.486 e. The lowest BCUT2D eigenvalue weighted by Gasteiger charge is -2.35. The molecule has 1 fully saturated rings. The summed E-state index contributed by atoms with van der Waals surface area (Å²) in [4.78, 5) is 0. The fourth-order valence-electron chi connectivity index (χ4n) is 7.19. The molecule has 0 aromatic heterocycles. The first-order chi connectivity index (χ1) is 21.5. The van der Waals surface area contributed by atoms with Gasteiger partial charge in [-0.3, -0.25) is 0 Å². The molecule has 5 rings (SSSR count). The van der Waals surface area contributed by atoms with E-state index in [1.54, 1.807) is 24.3 Å². The minimum atomic E-state index is -0.998. The van der Waals surface area contributed by atoms with Crippen molar-refractivity contribution in [2.45, 2.75) is 90.9 Å². The fourth-order valence-corrected chi connectivity index (χ4v) is 7.19. The van der Waals surface area contributed by atoms with Crippen LogP contribution in [0.1, 0.15) is 96.5 Å². The number of halogens is 3. The number of allylic oxidation sites excluding steroid dienone is 3. The summed E-state index contributed by atoms with van der Waals surface area (Å²) in [7, 11) is 0. The number of ether oxygens (including phenoxy) is 1. The summed E-state index contributed by atoms with van der Waals surface area (Å²) in [5.41, 5.74) is 4.12. The standard InChI is InChI=1S/C40H47F3O/c1-3-5-7-9-28-10-12-29(13-11-28)30-14-18-32(19-15-30)35-23-22-34(27-37(35)41)31-16-20-33(21-17-31)36-24-25-38(40(43)39(36)42)44-26-8-6-4-2/h6,8,16-18,20-25,27-30H,3-5,7,9-15,19,26H2,1-2H3. The summed E-state index contributed by atoms with van der Waals surface area (Å²) in [5, 5.41) is 0. The zero-order valence-electron chi connectivity index (χ0n) is 26.4. The van der Waals surface area contributed by atoms with Crippen LogP contribution < -0.4 is 4.74 Å². The van der Waals surface area contributed by atoms with Crippen molar-refractivity contribution < 1.29 is 17.9 Å². The second-order valence-corrected chi connectivity index (χ2v) is 12.7. The highest BCUT2D eigenvalue weighted by Gasteiger charge is 2.29. The van der Waals surface area contributed by atoms with Gasteiger partial charge in [-0.15, -0.1) is 0 Å². The second kappa shape index (κ2) is 15.6. The SMILES string of the molecule is CCC=CCOc1ccc(-c2ccc(-c3ccc(C4=CCC(C5CCC(CCCCC)CC5)CC4)c(F)c3)cc2)c(F)c1F. The molecule has 0 heterocycles. The molecule has 1 saturated carbocycles. The molecule has 2 aliphatic carbocycles. The molecule has 44 heavy (non-hydrogen) atoms. The van der Waals surface area contributed by atoms with Gasteiger partial charge >= 0.3 is 0 Å². The van der Waals surface area contributed by atoms with Crippen molar-refractivity contribution >= 4 is 5.57 Å². The Morgan fingerprint density at radius 3 is 2.14 bits per heavy atom. The molecule has 2 aliphatic rings. The molecule has 3 aromatic rings. The van der Waals surface area contributed by atoms with Crippen LogP contribution in [0.4, 0.5) is 13.2 Å². The lowest BCUT2D eigenvalue weighted by Crippen LogP contribution is -2.23. The van der Waals surface area contributed by atoms with Crippen molar-refractivity contribution in [3.05, 3.63) is 95.8 Å². The van der Waals surface area contributed by atoms with Crippen LogP contribution in [0.2, 0.25) is 0 Å². The van der Waals surface area contributed by atoms with E-state index in [1.807, 2.05) is 37.3 Å². The number of hydrogen-bond donors (Lipinski definition) is 0. The van der Waals surface area contributed by atoms with Crippen LogP contribution in [0, 0.1) is 35.2 Å². The predicted molar refractivity (Wildman–Crippen MR) is 177 cm³/mol. The molecule has 4 heteroatoms. The minimum Gasteiger partial charge on any atom is -0.486 e. The average Bonchev–Trinajstić information content (AvgIpc) is 3.06. The lowest BCUT2D eigenvalue weighted by molar-refractivity contribution is 0.187. The zero-order chi connectivity index (χ0) is 30.9. The molecule has 0 radical (unpaired) electrons. The second-order valence-electron chi connectivity index (χ2n) is 12.7. The third kappa shape index (κ3) is 7.86. The maximum atomic E-state index is 15.4. The summed E-state index contributed by atoms with van der Waals surface area (Å²) in [6.45, 7) is 4.46. The Kier molecular flexibility index (Phi) is 11.4. The van der Waals surface area contributed by atoms with Gasteiger partial charge in [0.25, 0.3) is 0 Å². The van der Waals surface area contributed by atoms with E-state index in [1.165, 1.54) is 63.5 Å². The molecule has 3 aromatic carbocycles. The van der Waals surface area contributed by atoms with Crippen LogP contribution in [0.5, 0.6) is 5.75 Å². The molecular formula is C40H47F3O. The quantitative estimate of drug-likeness (QED) is 0.148. The average molecular weight is 601 g/mol. The van der Waals surface area contributed by atoms with Gasteiger partial charge in [-0.1, -0.05) is 107 Å². The van der Waals surface area contributed by atoms with Crippen LogP contribution >= 0.6 is 0 Å². The molecule has 0 saturated heterocycles. The lowest BCUT2D eigenvalue weighted by atomic mass is 9.70. The van der Waals surface area contributed by atoms with Crippen LogP contribution in [-0.2, 0) is 0 Å². The third-order valence-corrected chi connectivity index (χ3v) is 9.85. The van der Waals surface area contributed by atoms with E-state index in [0.717, 1.165) is 60.1 Å². The van der Waals surface area contributed by atoms with Gasteiger partial charge in [0.15, 0.2) is 11.6 Å². The summed E-state index contributed by atoms with van der Waals surface area (Å²) < 4.78 is 50.3. The van der Waals surface area contributed by atoms with Crippen molar-refractivity contribution in [1.29, 1.82) is 0 Å². The van der Waals surface area contributed by atoms with Crippen molar-refractivity contribution in [3.8, 4) is 28.0 Å². The highest BCUT2D eigenvalue weighted by molar-refractivity contribution is 5.74. The smallest absolute Gasteiger partial charge is 0.201 e. The molecular weight excluding hydrogens is 553 g/mol. The van der Waals surface area contributed by atoms with E-state index in [0.29, 0.717) is 11.1 Å². The maximum Gasteiger partial charge on any atom is 0.201 e. The molecule has 0 aliphatic heterocycles. The first-order valence-electron chi connectivity index (χ1n) is 16.8. The summed E-state index contributed by atoms with van der Waals surface area (Å²) in [6, 6.07) is 15.6. The predicted octanol–water partition coefficient (Wildman–Crippen LogP) is 12.4. The number of benzene rings is 3. The fraction of sp³-hybridized carbons (Fsp3) is 0.450. The van der Waals surface area contributed by atoms with Gasteiger partial charge in [-0.05, 0) is 96.7 Å². The Hall–Kier alpha value is -3.27. The molecule has 1 nitrogen and oxygen atoms in total. The molecule has 234 valence electrons. The highest BCUT2D eigenvalue weighted by atomic mass is 19.2. The van der Waals surface area contributed by atoms with Gasteiger partial charge in [0, 0.05) is 11.1 Å². The monoisotopic (exact) mass is 600 g/mol. The van der Waals surface area contributed by atoms with E-state index >= 15 is 4.39 Å².